The number of ether oxygens (including phenoxy) is 1. The van der Waals surface area contributed by atoms with E-state index in [2.05, 4.69) is 5.32 Å². The third kappa shape index (κ3) is 4.55. The summed E-state index contributed by atoms with van der Waals surface area (Å²) >= 11 is 1.67. The molecule has 0 bridgehead atoms. The van der Waals surface area contributed by atoms with Gasteiger partial charge in [-0.05, 0) is 35.6 Å². The number of carbonyl (C=O) groups excluding carboxylic acids is 1. The Morgan fingerprint density at radius 2 is 1.93 bits per heavy atom. The summed E-state index contributed by atoms with van der Waals surface area (Å²) in [5.41, 5.74) is 1.64. The maximum absolute atomic E-state index is 12.8. The van der Waals surface area contributed by atoms with Gasteiger partial charge in [0, 0.05) is 17.5 Å². The Kier molecular flexibility index (Phi) is 5.72. The smallest absolute Gasteiger partial charge is 0.257 e. The predicted octanol–water partition coefficient (Wildman–Crippen LogP) is 4.26. The van der Waals surface area contributed by atoms with Crippen molar-refractivity contribution in [2.45, 2.75) is 6.42 Å². The van der Waals surface area contributed by atoms with E-state index in [0.29, 0.717) is 28.8 Å². The lowest BCUT2D eigenvalue weighted by Crippen LogP contribution is -2.30. The first kappa shape index (κ1) is 19.0. The van der Waals surface area contributed by atoms with E-state index in [-0.39, 0.29) is 17.9 Å². The number of hydrogen-bond donors (Lipinski definition) is 1. The molecule has 0 radical (unpaired) electrons. The van der Waals surface area contributed by atoms with Crippen LogP contribution in [0.15, 0.2) is 81.5 Å². The molecule has 4 aromatic rings. The summed E-state index contributed by atoms with van der Waals surface area (Å²) in [5.74, 6) is 0.282. The molecule has 29 heavy (non-hydrogen) atoms. The lowest BCUT2D eigenvalue weighted by molar-refractivity contribution is -0.123. The molecular weight excluding hydrogens is 386 g/mol. The van der Waals surface area contributed by atoms with Gasteiger partial charge in [0.1, 0.15) is 17.6 Å². The molecule has 0 spiro atoms. The second kappa shape index (κ2) is 8.75. The maximum Gasteiger partial charge on any atom is 0.257 e. The molecule has 0 fully saturated rings. The second-order valence-electron chi connectivity index (χ2n) is 6.47. The van der Waals surface area contributed by atoms with Gasteiger partial charge in [0.15, 0.2) is 12.0 Å². The number of rotatable bonds is 7. The van der Waals surface area contributed by atoms with Gasteiger partial charge in [-0.1, -0.05) is 36.4 Å². The lowest BCUT2D eigenvalue weighted by Gasteiger charge is -2.08. The lowest BCUT2D eigenvalue weighted by atomic mass is 10.1. The molecule has 2 aromatic carbocycles. The zero-order valence-corrected chi connectivity index (χ0v) is 16.4. The molecule has 1 N–H and O–H groups in total. The molecule has 0 aliphatic rings. The van der Waals surface area contributed by atoms with E-state index in [1.807, 2.05) is 47.8 Å². The van der Waals surface area contributed by atoms with Crippen LogP contribution in [0.3, 0.4) is 0 Å². The highest BCUT2D eigenvalue weighted by atomic mass is 32.1. The van der Waals surface area contributed by atoms with Gasteiger partial charge in [-0.3, -0.25) is 9.59 Å². The standard InChI is InChI=1S/C23H19NO4S/c25-22(24-11-10-18-7-4-12-29-18)15-27-17-8-9-19-21(13-17)28-14-20(23(19)26)16-5-2-1-3-6-16/h1-9,12-14H,10-11,15H2,(H,24,25). The largest absolute Gasteiger partial charge is 0.484 e. The van der Waals surface area contributed by atoms with Gasteiger partial charge in [-0.15, -0.1) is 11.3 Å². The van der Waals surface area contributed by atoms with Crippen LogP contribution in [0, 0.1) is 0 Å². The first-order chi connectivity index (χ1) is 14.2. The van der Waals surface area contributed by atoms with Gasteiger partial charge in [0.25, 0.3) is 5.91 Å². The Bertz CT molecular complexity index is 1170. The van der Waals surface area contributed by atoms with Crippen molar-refractivity contribution in [3.05, 3.63) is 87.4 Å². The minimum absolute atomic E-state index is 0.0950. The predicted molar refractivity (Wildman–Crippen MR) is 114 cm³/mol. The Morgan fingerprint density at radius 1 is 1.07 bits per heavy atom. The van der Waals surface area contributed by atoms with E-state index in [1.165, 1.54) is 11.1 Å². The van der Waals surface area contributed by atoms with Crippen LogP contribution in [0.2, 0.25) is 0 Å². The van der Waals surface area contributed by atoms with Gasteiger partial charge in [-0.2, -0.15) is 0 Å². The fourth-order valence-corrected chi connectivity index (χ4v) is 3.70. The van der Waals surface area contributed by atoms with Crippen molar-refractivity contribution in [2.75, 3.05) is 13.2 Å². The Hall–Kier alpha value is -3.38. The normalized spacial score (nSPS) is 10.8. The molecule has 0 aliphatic carbocycles. The van der Waals surface area contributed by atoms with Crippen molar-refractivity contribution in [1.82, 2.24) is 5.32 Å². The monoisotopic (exact) mass is 405 g/mol. The van der Waals surface area contributed by atoms with Crippen LogP contribution in [0.4, 0.5) is 0 Å². The summed E-state index contributed by atoms with van der Waals surface area (Å²) in [6.45, 7) is 0.472. The molecule has 6 heteroatoms. The highest BCUT2D eigenvalue weighted by Gasteiger charge is 2.10. The van der Waals surface area contributed by atoms with Crippen molar-refractivity contribution >= 4 is 28.2 Å². The van der Waals surface area contributed by atoms with Crippen LogP contribution >= 0.6 is 11.3 Å². The molecule has 2 aromatic heterocycles. The van der Waals surface area contributed by atoms with Gasteiger partial charge in [0.2, 0.25) is 0 Å². The topological polar surface area (TPSA) is 68.5 Å². The Labute approximate surface area is 171 Å². The molecule has 1 amide bonds. The first-order valence-corrected chi connectivity index (χ1v) is 10.1. The SMILES string of the molecule is O=C(COc1ccc2c(=O)c(-c3ccccc3)coc2c1)NCCc1cccs1. The third-order valence-corrected chi connectivity index (χ3v) is 5.41. The summed E-state index contributed by atoms with van der Waals surface area (Å²) < 4.78 is 11.2. The van der Waals surface area contributed by atoms with E-state index < -0.39 is 0 Å². The first-order valence-electron chi connectivity index (χ1n) is 9.23. The molecule has 2 heterocycles. The minimum Gasteiger partial charge on any atom is -0.484 e. The average molecular weight is 405 g/mol. The molecule has 0 aliphatic heterocycles. The second-order valence-corrected chi connectivity index (χ2v) is 7.50. The van der Waals surface area contributed by atoms with Crippen LogP contribution in [0.25, 0.3) is 22.1 Å². The number of nitrogens with one attached hydrogen (secondary N) is 1. The van der Waals surface area contributed by atoms with E-state index in [9.17, 15) is 9.59 Å². The summed E-state index contributed by atoms with van der Waals surface area (Å²) in [5, 5.41) is 5.32. The van der Waals surface area contributed by atoms with Crippen molar-refractivity contribution in [1.29, 1.82) is 0 Å². The van der Waals surface area contributed by atoms with Crippen molar-refractivity contribution in [3.8, 4) is 16.9 Å². The molecule has 146 valence electrons. The third-order valence-electron chi connectivity index (χ3n) is 4.47. The Balaban J connectivity index is 1.40. The van der Waals surface area contributed by atoms with Gasteiger partial charge >= 0.3 is 0 Å². The van der Waals surface area contributed by atoms with Gasteiger partial charge < -0.3 is 14.5 Å². The maximum atomic E-state index is 12.8. The van der Waals surface area contributed by atoms with Gasteiger partial charge in [-0.25, -0.2) is 0 Å². The highest BCUT2D eigenvalue weighted by molar-refractivity contribution is 7.09. The number of hydrogen-bond acceptors (Lipinski definition) is 5. The summed E-state index contributed by atoms with van der Waals surface area (Å²) in [6.07, 6.45) is 2.26. The molecule has 0 unspecified atom stereocenters. The van der Waals surface area contributed by atoms with Crippen LogP contribution in [-0.2, 0) is 11.2 Å². The van der Waals surface area contributed by atoms with Crippen LogP contribution in [0.5, 0.6) is 5.75 Å². The summed E-state index contributed by atoms with van der Waals surface area (Å²) in [7, 11) is 0. The van der Waals surface area contributed by atoms with Crippen LogP contribution in [-0.4, -0.2) is 19.1 Å². The number of fused-ring (bicyclic) bond motifs is 1. The molecule has 4 rings (SSSR count). The summed E-state index contributed by atoms with van der Waals surface area (Å²) in [4.78, 5) is 25.9. The zero-order valence-electron chi connectivity index (χ0n) is 15.6. The molecule has 0 saturated carbocycles. The van der Waals surface area contributed by atoms with Crippen molar-refractivity contribution in [2.24, 2.45) is 0 Å². The number of amides is 1. The van der Waals surface area contributed by atoms with E-state index in [0.717, 1.165) is 12.0 Å². The highest BCUT2D eigenvalue weighted by Crippen LogP contribution is 2.23. The molecule has 5 nitrogen and oxygen atoms in total. The van der Waals surface area contributed by atoms with Crippen LogP contribution in [0.1, 0.15) is 4.88 Å². The number of benzene rings is 2. The zero-order chi connectivity index (χ0) is 20.1. The number of thiophene rings is 1. The van der Waals surface area contributed by atoms with Crippen LogP contribution < -0.4 is 15.5 Å². The number of carbonyl (C=O) groups is 1. The summed E-state index contributed by atoms with van der Waals surface area (Å²) in [6, 6.07) is 18.4. The molecular formula is C23H19NO4S. The fraction of sp³-hybridized carbons (Fsp3) is 0.130. The molecule has 0 atom stereocenters. The van der Waals surface area contributed by atoms with E-state index in [1.54, 1.807) is 29.5 Å². The quantitative estimate of drug-likeness (QED) is 0.499. The minimum atomic E-state index is -0.192. The molecule has 0 saturated heterocycles. The van der Waals surface area contributed by atoms with Crippen molar-refractivity contribution in [3.63, 3.8) is 0 Å². The fourth-order valence-electron chi connectivity index (χ4n) is 3.00. The van der Waals surface area contributed by atoms with Gasteiger partial charge in [0.05, 0.1) is 10.9 Å². The van der Waals surface area contributed by atoms with Crippen molar-refractivity contribution < 1.29 is 13.9 Å². The Morgan fingerprint density at radius 3 is 2.72 bits per heavy atom. The van der Waals surface area contributed by atoms with E-state index in [4.69, 9.17) is 9.15 Å². The average Bonchev–Trinajstić information content (AvgIpc) is 3.27. The van der Waals surface area contributed by atoms with E-state index >= 15 is 0 Å².